The van der Waals surface area contributed by atoms with Crippen molar-refractivity contribution in [1.29, 1.82) is 0 Å². The molecule has 0 atom stereocenters. The van der Waals surface area contributed by atoms with E-state index in [1.165, 1.54) is 0 Å². The third-order valence-electron chi connectivity index (χ3n) is 0.219. The van der Waals surface area contributed by atoms with E-state index < -0.39 is 0 Å². The normalized spacial score (nSPS) is 6.67. The molecule has 0 bridgehead atoms. The van der Waals surface area contributed by atoms with Crippen LogP contribution in [0, 0.1) is 6.33 Å². The van der Waals surface area contributed by atoms with E-state index in [0.717, 1.165) is 0 Å². The van der Waals surface area contributed by atoms with Crippen molar-refractivity contribution in [3.05, 3.63) is 6.33 Å². The van der Waals surface area contributed by atoms with E-state index in [2.05, 4.69) is 27.0 Å². The molecule has 0 unspecified atom stereocenters. The largest absolute Gasteiger partial charge is 0.550 e. The number of tetrazole rings is 1. The number of nitrogens with zero attached hydrogens (tertiary/aromatic N) is 4. The monoisotopic (exact) mass is 157 g/mol. The summed E-state index contributed by atoms with van der Waals surface area (Å²) in [6.07, 6.45) is 2.14. The van der Waals surface area contributed by atoms with Gasteiger partial charge >= 0.3 is 0 Å². The summed E-state index contributed by atoms with van der Waals surface area (Å²) in [5.74, 6) is 0. The molecule has 0 fully saturated rings. The maximum Gasteiger partial charge on any atom is 0 e. The van der Waals surface area contributed by atoms with Crippen LogP contribution < -0.4 is 5.21 Å². The van der Waals surface area contributed by atoms with E-state index in [-0.39, 0.29) is 32.7 Å². The molecule has 1 aromatic rings. The Morgan fingerprint density at radius 3 is 2.50 bits per heavy atom. The Labute approximate surface area is 59.6 Å². The van der Waals surface area contributed by atoms with Crippen LogP contribution in [0.15, 0.2) is 0 Å². The molecule has 5 heteroatoms. The summed E-state index contributed by atoms with van der Waals surface area (Å²) < 4.78 is 0. The molecule has 29 valence electrons. The summed E-state index contributed by atoms with van der Waals surface area (Å²) in [6, 6.07) is 0. The van der Waals surface area contributed by atoms with Crippen molar-refractivity contribution in [1.82, 2.24) is 20.6 Å². The van der Waals surface area contributed by atoms with Gasteiger partial charge in [0.1, 0.15) is 0 Å². The predicted molar refractivity (Wildman–Crippen MR) is 12.0 cm³/mol. The van der Waals surface area contributed by atoms with E-state index in [1.807, 2.05) is 0 Å². The van der Waals surface area contributed by atoms with Gasteiger partial charge in [-0.15, -0.1) is 0 Å². The van der Waals surface area contributed by atoms with Crippen molar-refractivity contribution in [2.24, 2.45) is 0 Å². The summed E-state index contributed by atoms with van der Waals surface area (Å²) in [6.45, 7) is 0. The molecule has 0 aliphatic carbocycles. The van der Waals surface area contributed by atoms with Crippen molar-refractivity contribution in [2.75, 3.05) is 0 Å². The average molecular weight is 157 g/mol. The SMILES string of the molecule is [Y].[c-]1nn[n-]n1. The first-order valence-corrected chi connectivity index (χ1v) is 1.05. The Kier molecular flexibility index (Phi) is 3.46. The molecule has 1 aromatic heterocycles. The Hall–Kier alpha value is 0.174. The zero-order valence-corrected chi connectivity index (χ0v) is 5.70. The van der Waals surface area contributed by atoms with Crippen LogP contribution in [0.25, 0.3) is 0 Å². The van der Waals surface area contributed by atoms with Crippen LogP contribution in [0.2, 0.25) is 0 Å². The molecule has 1 radical (unpaired) electrons. The first kappa shape index (κ1) is 6.17. The van der Waals surface area contributed by atoms with Gasteiger partial charge in [-0.3, -0.25) is 5.21 Å². The second-order valence-electron chi connectivity index (χ2n) is 0.479. The number of hydrogen-bond acceptors (Lipinski definition) is 3. The fraction of sp³-hybridized carbons (Fsp3) is 0. The second-order valence-corrected chi connectivity index (χ2v) is 0.479. The molecule has 0 N–H and O–H groups in total. The predicted octanol–water partition coefficient (Wildman–Crippen LogP) is -1.37. The number of aromatic nitrogens is 4. The van der Waals surface area contributed by atoms with Crippen LogP contribution in [0.5, 0.6) is 0 Å². The van der Waals surface area contributed by atoms with Crippen LogP contribution in [0.4, 0.5) is 0 Å². The molecule has 0 saturated heterocycles. The van der Waals surface area contributed by atoms with E-state index in [9.17, 15) is 0 Å². The quantitative estimate of drug-likeness (QED) is 0.436. The summed E-state index contributed by atoms with van der Waals surface area (Å²) >= 11 is 0. The standard InChI is InChI=1S/CN4.Y/c1-2-4-5-3-1;/q-2;. The number of rotatable bonds is 0. The second kappa shape index (κ2) is 3.37. The summed E-state index contributed by atoms with van der Waals surface area (Å²) in [5, 5.41) is 12.4. The van der Waals surface area contributed by atoms with Crippen molar-refractivity contribution in [3.63, 3.8) is 0 Å². The van der Waals surface area contributed by atoms with Crippen LogP contribution in [-0.4, -0.2) is 15.4 Å². The van der Waals surface area contributed by atoms with E-state index in [1.54, 1.807) is 0 Å². The van der Waals surface area contributed by atoms with Crippen molar-refractivity contribution in [3.8, 4) is 0 Å². The summed E-state index contributed by atoms with van der Waals surface area (Å²) in [4.78, 5) is 0. The van der Waals surface area contributed by atoms with Crippen molar-refractivity contribution < 1.29 is 32.7 Å². The van der Waals surface area contributed by atoms with E-state index in [4.69, 9.17) is 0 Å². The average Bonchev–Trinajstić information content (AvgIpc) is 1.76. The third-order valence-corrected chi connectivity index (χ3v) is 0.219. The minimum Gasteiger partial charge on any atom is -0.550 e. The van der Waals surface area contributed by atoms with Crippen LogP contribution in [-0.2, 0) is 32.7 Å². The minimum atomic E-state index is 0. The maximum absolute atomic E-state index is 3.12. The molecule has 1 rings (SSSR count). The molecule has 0 aromatic carbocycles. The van der Waals surface area contributed by atoms with Crippen LogP contribution in [0.3, 0.4) is 0 Å². The van der Waals surface area contributed by atoms with Gasteiger partial charge in [0.15, 0.2) is 0 Å². The van der Waals surface area contributed by atoms with Crippen LogP contribution >= 0.6 is 0 Å². The Bertz CT molecular complexity index is 64.0. The first-order chi connectivity index (χ1) is 2.50. The third kappa shape index (κ3) is 1.57. The van der Waals surface area contributed by atoms with Gasteiger partial charge in [-0.1, -0.05) is 0 Å². The molecule has 0 spiro atoms. The topological polar surface area (TPSA) is 52.8 Å². The van der Waals surface area contributed by atoms with Crippen molar-refractivity contribution in [2.45, 2.75) is 0 Å². The molecule has 0 amide bonds. The molecule has 1 heterocycles. The molecule has 6 heavy (non-hydrogen) atoms. The molecule has 0 saturated carbocycles. The molecule has 4 nitrogen and oxygen atoms in total. The van der Waals surface area contributed by atoms with Gasteiger partial charge in [0.2, 0.25) is 0 Å². The minimum absolute atomic E-state index is 0. The Morgan fingerprint density at radius 2 is 2.33 bits per heavy atom. The van der Waals surface area contributed by atoms with E-state index in [0.29, 0.717) is 0 Å². The molecular weight excluding hydrogens is 157 g/mol. The van der Waals surface area contributed by atoms with Gasteiger partial charge in [0, 0.05) is 32.7 Å². The number of hydrogen-bond donors (Lipinski definition) is 0. The van der Waals surface area contributed by atoms with Crippen molar-refractivity contribution >= 4 is 0 Å². The zero-order valence-electron chi connectivity index (χ0n) is 2.87. The van der Waals surface area contributed by atoms with Gasteiger partial charge in [0.25, 0.3) is 0 Å². The maximum atomic E-state index is 3.12. The fourth-order valence-electron chi connectivity index (χ4n) is 0.100. The Morgan fingerprint density at radius 1 is 1.50 bits per heavy atom. The van der Waals surface area contributed by atoms with Gasteiger partial charge in [-0.05, 0) is 0 Å². The molecule has 0 aliphatic rings. The summed E-state index contributed by atoms with van der Waals surface area (Å²) in [5.41, 5.74) is 0. The first-order valence-electron chi connectivity index (χ1n) is 1.05. The fourth-order valence-corrected chi connectivity index (χ4v) is 0.100. The van der Waals surface area contributed by atoms with Gasteiger partial charge < -0.3 is 21.7 Å². The smallest absolute Gasteiger partial charge is 0 e. The Balaban J connectivity index is 0.000000250. The van der Waals surface area contributed by atoms with Crippen LogP contribution in [0.1, 0.15) is 0 Å². The van der Waals surface area contributed by atoms with E-state index >= 15 is 0 Å². The van der Waals surface area contributed by atoms with Gasteiger partial charge in [-0.25, -0.2) is 0 Å². The molecular formula is CN4Y-2. The zero-order chi connectivity index (χ0) is 3.54. The summed E-state index contributed by atoms with van der Waals surface area (Å²) in [7, 11) is 0. The molecule has 0 aliphatic heterocycles. The van der Waals surface area contributed by atoms with Gasteiger partial charge in [0.05, 0.1) is 0 Å². The van der Waals surface area contributed by atoms with Gasteiger partial charge in [-0.2, -0.15) is 0 Å².